The molecule has 1 heterocycles. The van der Waals surface area contributed by atoms with Gasteiger partial charge in [0.25, 0.3) is 0 Å². The summed E-state index contributed by atoms with van der Waals surface area (Å²) in [5, 5.41) is 4.32. The molecule has 1 N–H and O–H groups in total. The zero-order valence-electron chi connectivity index (χ0n) is 12.7. The number of thiazole rings is 1. The van der Waals surface area contributed by atoms with E-state index in [1.807, 2.05) is 6.92 Å². The maximum Gasteiger partial charge on any atom is 0.124 e. The van der Waals surface area contributed by atoms with Crippen LogP contribution >= 0.6 is 11.3 Å². The molecule has 0 fully saturated rings. The average Bonchev–Trinajstić information content (AvgIpc) is 2.82. The highest BCUT2D eigenvalue weighted by molar-refractivity contribution is 7.15. The van der Waals surface area contributed by atoms with Gasteiger partial charge < -0.3 is 10.1 Å². The number of rotatable bonds is 7. The van der Waals surface area contributed by atoms with E-state index in [1.54, 1.807) is 30.6 Å². The first-order chi connectivity index (χ1) is 10.2. The summed E-state index contributed by atoms with van der Waals surface area (Å²) in [4.78, 5) is 5.85. The Bertz CT molecular complexity index is 598. The van der Waals surface area contributed by atoms with Gasteiger partial charge in [0.05, 0.1) is 12.3 Å². The molecule has 0 aliphatic rings. The van der Waals surface area contributed by atoms with Gasteiger partial charge in [0.15, 0.2) is 0 Å². The molecule has 0 aliphatic heterocycles. The lowest BCUT2D eigenvalue weighted by Gasteiger charge is -2.02. The monoisotopic (exact) mass is 308 g/mol. The van der Waals surface area contributed by atoms with Crippen LogP contribution in [0.1, 0.15) is 29.5 Å². The fourth-order valence-corrected chi connectivity index (χ4v) is 3.26. The van der Waals surface area contributed by atoms with Gasteiger partial charge in [0.1, 0.15) is 10.8 Å². The number of methoxy groups -OCH3 is 1. The van der Waals surface area contributed by atoms with E-state index in [-0.39, 0.29) is 5.82 Å². The molecule has 2 aromatic rings. The Morgan fingerprint density at radius 1 is 1.38 bits per heavy atom. The third-order valence-electron chi connectivity index (χ3n) is 3.19. The standard InChI is InChI=1S/C16H21FN2OS/c1-4-7-18-9-15-14(10-20-3)19-16(21-15)13-6-5-12(17)8-11(13)2/h5-6,8,18H,4,7,9-10H2,1-3H3. The van der Waals surface area contributed by atoms with Crippen molar-refractivity contribution in [3.8, 4) is 10.6 Å². The molecule has 114 valence electrons. The smallest absolute Gasteiger partial charge is 0.124 e. The minimum Gasteiger partial charge on any atom is -0.378 e. The van der Waals surface area contributed by atoms with Crippen molar-refractivity contribution in [2.45, 2.75) is 33.4 Å². The molecule has 5 heteroatoms. The molecule has 0 saturated heterocycles. The Morgan fingerprint density at radius 3 is 2.86 bits per heavy atom. The van der Waals surface area contributed by atoms with Gasteiger partial charge in [-0.2, -0.15) is 0 Å². The molecule has 1 aromatic heterocycles. The molecule has 0 bridgehead atoms. The van der Waals surface area contributed by atoms with Crippen LogP contribution in [-0.4, -0.2) is 18.6 Å². The lowest BCUT2D eigenvalue weighted by atomic mass is 10.1. The highest BCUT2D eigenvalue weighted by Crippen LogP contribution is 2.31. The topological polar surface area (TPSA) is 34.2 Å². The molecule has 0 saturated carbocycles. The SMILES string of the molecule is CCCNCc1sc(-c2ccc(F)cc2C)nc1COC. The normalized spacial score (nSPS) is 11.0. The average molecular weight is 308 g/mol. The fourth-order valence-electron chi connectivity index (χ4n) is 2.13. The summed E-state index contributed by atoms with van der Waals surface area (Å²) in [5.74, 6) is -0.213. The van der Waals surface area contributed by atoms with E-state index in [2.05, 4.69) is 17.2 Å². The second-order valence-corrected chi connectivity index (χ2v) is 6.04. The largest absolute Gasteiger partial charge is 0.378 e. The Kier molecular flexibility index (Phi) is 5.85. The Morgan fingerprint density at radius 2 is 2.19 bits per heavy atom. The van der Waals surface area contributed by atoms with E-state index in [1.165, 1.54) is 10.9 Å². The maximum atomic E-state index is 13.2. The quantitative estimate of drug-likeness (QED) is 0.788. The molecule has 0 spiro atoms. The van der Waals surface area contributed by atoms with E-state index in [0.717, 1.165) is 41.3 Å². The van der Waals surface area contributed by atoms with Crippen LogP contribution in [0.4, 0.5) is 4.39 Å². The van der Waals surface area contributed by atoms with Crippen LogP contribution in [-0.2, 0) is 17.9 Å². The molecule has 0 aliphatic carbocycles. The molecular formula is C16H21FN2OS. The van der Waals surface area contributed by atoms with Crippen molar-refractivity contribution in [1.82, 2.24) is 10.3 Å². The van der Waals surface area contributed by atoms with Crippen LogP contribution < -0.4 is 5.32 Å². The zero-order valence-corrected chi connectivity index (χ0v) is 13.5. The first-order valence-electron chi connectivity index (χ1n) is 7.10. The van der Waals surface area contributed by atoms with Crippen molar-refractivity contribution in [2.24, 2.45) is 0 Å². The first-order valence-corrected chi connectivity index (χ1v) is 7.92. The third-order valence-corrected chi connectivity index (χ3v) is 4.32. The van der Waals surface area contributed by atoms with Gasteiger partial charge in [-0.3, -0.25) is 0 Å². The second-order valence-electron chi connectivity index (χ2n) is 4.96. The van der Waals surface area contributed by atoms with Crippen LogP contribution in [0.2, 0.25) is 0 Å². The number of hydrogen-bond donors (Lipinski definition) is 1. The lowest BCUT2D eigenvalue weighted by Crippen LogP contribution is -2.14. The van der Waals surface area contributed by atoms with Crippen LogP contribution in [0.15, 0.2) is 18.2 Å². The van der Waals surface area contributed by atoms with E-state index in [4.69, 9.17) is 4.74 Å². The van der Waals surface area contributed by atoms with Crippen molar-refractivity contribution in [2.75, 3.05) is 13.7 Å². The van der Waals surface area contributed by atoms with Crippen LogP contribution in [0.3, 0.4) is 0 Å². The van der Waals surface area contributed by atoms with E-state index in [0.29, 0.717) is 6.61 Å². The molecule has 0 atom stereocenters. The Labute approximate surface area is 129 Å². The summed E-state index contributed by atoms with van der Waals surface area (Å²) in [6.45, 7) is 6.33. The maximum absolute atomic E-state index is 13.2. The number of nitrogens with zero attached hydrogens (tertiary/aromatic N) is 1. The van der Waals surface area contributed by atoms with Crippen LogP contribution in [0.25, 0.3) is 10.6 Å². The molecule has 3 nitrogen and oxygen atoms in total. The predicted molar refractivity (Wildman–Crippen MR) is 85.0 cm³/mol. The molecule has 2 rings (SSSR count). The second kappa shape index (κ2) is 7.64. The first kappa shape index (κ1) is 16.1. The van der Waals surface area contributed by atoms with Crippen LogP contribution in [0.5, 0.6) is 0 Å². The van der Waals surface area contributed by atoms with Gasteiger partial charge in [-0.15, -0.1) is 11.3 Å². The zero-order chi connectivity index (χ0) is 15.2. The van der Waals surface area contributed by atoms with Gasteiger partial charge >= 0.3 is 0 Å². The summed E-state index contributed by atoms with van der Waals surface area (Å²) in [7, 11) is 1.67. The van der Waals surface area contributed by atoms with Gasteiger partial charge in [0.2, 0.25) is 0 Å². The number of ether oxygens (including phenoxy) is 1. The highest BCUT2D eigenvalue weighted by Gasteiger charge is 2.14. The summed E-state index contributed by atoms with van der Waals surface area (Å²) in [5.41, 5.74) is 2.85. The van der Waals surface area contributed by atoms with Crippen LogP contribution in [0, 0.1) is 12.7 Å². The highest BCUT2D eigenvalue weighted by atomic mass is 32.1. The van der Waals surface area contributed by atoms with Crippen molar-refractivity contribution in [3.05, 3.63) is 40.2 Å². The van der Waals surface area contributed by atoms with E-state index in [9.17, 15) is 4.39 Å². The molecule has 21 heavy (non-hydrogen) atoms. The summed E-state index contributed by atoms with van der Waals surface area (Å²) in [6, 6.07) is 4.82. The number of halogens is 1. The number of aromatic nitrogens is 1. The Hall–Kier alpha value is -1.30. The number of benzene rings is 1. The lowest BCUT2D eigenvalue weighted by molar-refractivity contribution is 0.181. The Balaban J connectivity index is 2.29. The molecule has 0 radical (unpaired) electrons. The summed E-state index contributed by atoms with van der Waals surface area (Å²) < 4.78 is 18.5. The van der Waals surface area contributed by atoms with Crippen molar-refractivity contribution in [3.63, 3.8) is 0 Å². The van der Waals surface area contributed by atoms with Crippen molar-refractivity contribution >= 4 is 11.3 Å². The molecule has 1 aromatic carbocycles. The number of hydrogen-bond acceptors (Lipinski definition) is 4. The third kappa shape index (κ3) is 4.09. The predicted octanol–water partition coefficient (Wildman–Crippen LogP) is 3.90. The molecule has 0 amide bonds. The van der Waals surface area contributed by atoms with E-state index >= 15 is 0 Å². The summed E-state index contributed by atoms with van der Waals surface area (Å²) >= 11 is 1.65. The van der Waals surface area contributed by atoms with Gasteiger partial charge in [-0.1, -0.05) is 6.92 Å². The minimum absolute atomic E-state index is 0.213. The number of nitrogens with one attached hydrogen (secondary N) is 1. The van der Waals surface area contributed by atoms with Crippen molar-refractivity contribution < 1.29 is 9.13 Å². The van der Waals surface area contributed by atoms with Gasteiger partial charge in [-0.05, 0) is 43.7 Å². The van der Waals surface area contributed by atoms with Gasteiger partial charge in [0, 0.05) is 24.1 Å². The number of aryl methyl sites for hydroxylation is 1. The van der Waals surface area contributed by atoms with Gasteiger partial charge in [-0.25, -0.2) is 9.37 Å². The molecule has 0 unspecified atom stereocenters. The minimum atomic E-state index is -0.213. The molecular weight excluding hydrogens is 287 g/mol. The van der Waals surface area contributed by atoms with E-state index < -0.39 is 0 Å². The summed E-state index contributed by atoms with van der Waals surface area (Å²) in [6.07, 6.45) is 1.10. The van der Waals surface area contributed by atoms with Crippen molar-refractivity contribution in [1.29, 1.82) is 0 Å². The fraction of sp³-hybridized carbons (Fsp3) is 0.438.